The van der Waals surface area contributed by atoms with E-state index in [0.29, 0.717) is 0 Å². The van der Waals surface area contributed by atoms with Gasteiger partial charge in [0.25, 0.3) is 0 Å². The fourth-order valence-corrected chi connectivity index (χ4v) is 0.751. The van der Waals surface area contributed by atoms with E-state index in [1.807, 2.05) is 24.3 Å². The van der Waals surface area contributed by atoms with Gasteiger partial charge in [-0.25, -0.2) is 0 Å². The minimum atomic E-state index is 0. The molecule has 1 rings (SSSR count). The third kappa shape index (κ3) is 6.68. The Morgan fingerprint density at radius 2 is 0.900 bits per heavy atom. The van der Waals surface area contributed by atoms with Gasteiger partial charge in [-0.1, -0.05) is 0 Å². The van der Waals surface area contributed by atoms with Crippen molar-refractivity contribution in [3.63, 3.8) is 0 Å². The largest absolute Gasteiger partial charge is 0.143 e. The Morgan fingerprint density at radius 3 is 1.10 bits per heavy atom. The summed E-state index contributed by atoms with van der Waals surface area (Å²) in [5, 5.41) is 0. The first-order valence-electron chi connectivity index (χ1n) is 2.27. The zero-order valence-corrected chi connectivity index (χ0v) is 14.2. The summed E-state index contributed by atoms with van der Waals surface area (Å²) in [7, 11) is 0. The van der Waals surface area contributed by atoms with Crippen LogP contribution in [0.5, 0.6) is 0 Å². The summed E-state index contributed by atoms with van der Waals surface area (Å²) in [5.41, 5.74) is 0. The predicted octanol–water partition coefficient (Wildman–Crippen LogP) is 1.50. The molecular weight excluding hydrogens is 214 g/mol. The summed E-state index contributed by atoms with van der Waals surface area (Å²) in [4.78, 5) is 1.95. The molecule has 0 spiro atoms. The molecule has 0 aromatic heterocycles. The number of rotatable bonds is 0. The van der Waals surface area contributed by atoms with E-state index in [0.717, 1.165) is 9.79 Å². The molecule has 0 nitrogen and oxygen atoms in total. The van der Waals surface area contributed by atoms with Gasteiger partial charge in [0.1, 0.15) is 0 Å². The second-order valence-corrected chi connectivity index (χ2v) is 2.55. The van der Waals surface area contributed by atoms with E-state index in [1.165, 1.54) is 0 Å². The third-order valence-electron chi connectivity index (χ3n) is 0.850. The predicted molar refractivity (Wildman–Crippen MR) is 52.5 cm³/mol. The molecule has 0 fully saturated rings. The molecule has 0 aliphatic carbocycles. The average Bonchev–Trinajstić information content (AvgIpc) is 1.77. The number of thiol groups is 2. The van der Waals surface area contributed by atoms with Crippen molar-refractivity contribution in [3.05, 3.63) is 24.3 Å². The van der Waals surface area contributed by atoms with Crippen LogP contribution >= 0.6 is 25.3 Å². The summed E-state index contributed by atoms with van der Waals surface area (Å²) in [6.45, 7) is 0. The zero-order valence-electron chi connectivity index (χ0n) is 6.20. The van der Waals surface area contributed by atoms with E-state index < -0.39 is 0 Å². The molecule has 44 valence electrons. The summed E-state index contributed by atoms with van der Waals surface area (Å²) in [6, 6.07) is 7.63. The van der Waals surface area contributed by atoms with Gasteiger partial charge in [0.2, 0.25) is 0 Å². The fraction of sp³-hybridized carbons (Fsp3) is 0. The molecular formula is C6H6K2S2. The number of hydrogen-bond acceptors (Lipinski definition) is 2. The van der Waals surface area contributed by atoms with Crippen molar-refractivity contribution in [1.29, 1.82) is 0 Å². The van der Waals surface area contributed by atoms with E-state index in [4.69, 9.17) is 0 Å². The van der Waals surface area contributed by atoms with Crippen molar-refractivity contribution in [2.45, 2.75) is 9.79 Å². The van der Waals surface area contributed by atoms with Gasteiger partial charge in [-0.05, 0) is 24.3 Å². The van der Waals surface area contributed by atoms with Crippen molar-refractivity contribution in [1.82, 2.24) is 0 Å². The Bertz CT molecular complexity index is 153. The van der Waals surface area contributed by atoms with E-state index >= 15 is 0 Å². The summed E-state index contributed by atoms with van der Waals surface area (Å²) < 4.78 is 0. The molecule has 0 atom stereocenters. The molecule has 0 aliphatic heterocycles. The van der Waals surface area contributed by atoms with Crippen molar-refractivity contribution in [3.8, 4) is 0 Å². The number of hydrogen-bond donors (Lipinski definition) is 2. The second kappa shape index (κ2) is 8.78. The molecule has 0 saturated heterocycles. The normalized spacial score (nSPS) is 7.40. The minimum Gasteiger partial charge on any atom is -0.143 e. The van der Waals surface area contributed by atoms with Crippen molar-refractivity contribution < 1.29 is 0 Å². The maximum absolute atomic E-state index is 4.10. The molecule has 1 aromatic carbocycles. The molecule has 0 saturated carbocycles. The van der Waals surface area contributed by atoms with Gasteiger partial charge < -0.3 is 0 Å². The quantitative estimate of drug-likeness (QED) is 0.480. The minimum absolute atomic E-state index is 0. The van der Waals surface area contributed by atoms with Crippen LogP contribution in [0.4, 0.5) is 0 Å². The van der Waals surface area contributed by atoms with Gasteiger partial charge in [-0.15, -0.1) is 25.3 Å². The first-order valence-corrected chi connectivity index (χ1v) is 3.16. The summed E-state index contributed by atoms with van der Waals surface area (Å²) >= 11 is 8.20. The van der Waals surface area contributed by atoms with Gasteiger partial charge in [0, 0.05) is 113 Å². The smallest absolute Gasteiger partial charge is 0.00407 e. The maximum atomic E-state index is 4.10. The van der Waals surface area contributed by atoms with E-state index in [-0.39, 0.29) is 103 Å². The van der Waals surface area contributed by atoms with Crippen LogP contribution in [0.15, 0.2) is 34.1 Å². The average molecular weight is 220 g/mol. The van der Waals surface area contributed by atoms with Gasteiger partial charge >= 0.3 is 0 Å². The SMILES string of the molecule is Sc1ccc(S)cc1.[K].[K]. The molecule has 0 heterocycles. The molecule has 4 heteroatoms. The van der Waals surface area contributed by atoms with Crippen LogP contribution in [0.3, 0.4) is 0 Å². The van der Waals surface area contributed by atoms with Crippen LogP contribution in [-0.4, -0.2) is 103 Å². The van der Waals surface area contributed by atoms with Crippen LogP contribution in [-0.2, 0) is 0 Å². The second-order valence-electron chi connectivity index (χ2n) is 1.52. The Labute approximate surface area is 158 Å². The zero-order chi connectivity index (χ0) is 5.98. The monoisotopic (exact) mass is 220 g/mol. The maximum Gasteiger partial charge on any atom is 0.00407 e. The van der Waals surface area contributed by atoms with E-state index in [1.54, 1.807) is 0 Å². The fourth-order valence-electron chi connectivity index (χ4n) is 0.453. The third-order valence-corrected chi connectivity index (χ3v) is 1.45. The molecule has 0 unspecified atom stereocenters. The molecule has 0 aliphatic rings. The van der Waals surface area contributed by atoms with Crippen molar-refractivity contribution in [2.75, 3.05) is 0 Å². The molecule has 1 aromatic rings. The van der Waals surface area contributed by atoms with Crippen molar-refractivity contribution >= 4 is 128 Å². The van der Waals surface area contributed by atoms with Gasteiger partial charge in [-0.2, -0.15) is 0 Å². The van der Waals surface area contributed by atoms with E-state index in [9.17, 15) is 0 Å². The molecule has 0 amide bonds. The van der Waals surface area contributed by atoms with Gasteiger partial charge in [0.05, 0.1) is 0 Å². The van der Waals surface area contributed by atoms with Crippen LogP contribution in [0.1, 0.15) is 0 Å². The Kier molecular flexibility index (Phi) is 13.7. The van der Waals surface area contributed by atoms with Crippen LogP contribution in [0, 0.1) is 0 Å². The Morgan fingerprint density at radius 1 is 0.700 bits per heavy atom. The van der Waals surface area contributed by atoms with Gasteiger partial charge in [-0.3, -0.25) is 0 Å². The van der Waals surface area contributed by atoms with Crippen LogP contribution < -0.4 is 0 Å². The Balaban J connectivity index is 0. The first-order chi connectivity index (χ1) is 3.79. The topological polar surface area (TPSA) is 0 Å². The molecule has 2 radical (unpaired) electrons. The van der Waals surface area contributed by atoms with Crippen LogP contribution in [0.25, 0.3) is 0 Å². The Hall–Kier alpha value is 3.19. The summed E-state index contributed by atoms with van der Waals surface area (Å²) in [6.07, 6.45) is 0. The summed E-state index contributed by atoms with van der Waals surface area (Å²) in [5.74, 6) is 0. The van der Waals surface area contributed by atoms with E-state index in [2.05, 4.69) is 25.3 Å². The standard InChI is InChI=1S/C6H6S2.2K/c7-5-1-2-6(8)4-3-5;;/h1-4,7-8H;;. The molecule has 0 N–H and O–H groups in total. The van der Waals surface area contributed by atoms with Gasteiger partial charge in [0.15, 0.2) is 0 Å². The first kappa shape index (κ1) is 15.7. The molecule has 10 heavy (non-hydrogen) atoms. The van der Waals surface area contributed by atoms with Crippen molar-refractivity contribution in [2.24, 2.45) is 0 Å². The number of benzene rings is 1. The molecule has 0 bridgehead atoms. The van der Waals surface area contributed by atoms with Crippen LogP contribution in [0.2, 0.25) is 0 Å².